The van der Waals surface area contributed by atoms with Gasteiger partial charge in [0, 0.05) is 37.3 Å². The number of carbonyl (C=O) groups excluding carboxylic acids is 1. The lowest BCUT2D eigenvalue weighted by molar-refractivity contribution is -0.121. The molecular weight excluding hydrogens is 356 g/mol. The van der Waals surface area contributed by atoms with Crippen molar-refractivity contribution in [2.75, 3.05) is 0 Å². The number of pyridine rings is 1. The molecule has 2 aromatic heterocycles. The number of nitrogens with zero attached hydrogens (tertiary/aromatic N) is 3. The van der Waals surface area contributed by atoms with E-state index in [2.05, 4.69) is 20.4 Å². The zero-order valence-electron chi connectivity index (χ0n) is 16.1. The maximum absolute atomic E-state index is 12.2. The monoisotopic (exact) mass is 380 g/mol. The first-order chi connectivity index (χ1) is 13.6. The molecule has 0 bridgehead atoms. The average Bonchev–Trinajstić information content (AvgIpc) is 3.19. The molecule has 0 aliphatic carbocycles. The van der Waals surface area contributed by atoms with Crippen LogP contribution in [0.25, 0.3) is 11.4 Å². The normalized spacial score (nSPS) is 11.0. The van der Waals surface area contributed by atoms with E-state index in [4.69, 9.17) is 9.26 Å². The lowest BCUT2D eigenvalue weighted by atomic mass is 10.1. The van der Waals surface area contributed by atoms with Gasteiger partial charge in [-0.15, -0.1) is 0 Å². The van der Waals surface area contributed by atoms with E-state index in [1.165, 1.54) is 0 Å². The fourth-order valence-electron chi connectivity index (χ4n) is 2.60. The summed E-state index contributed by atoms with van der Waals surface area (Å²) < 4.78 is 10.9. The first-order valence-corrected chi connectivity index (χ1v) is 9.30. The van der Waals surface area contributed by atoms with E-state index in [1.807, 2.05) is 50.2 Å². The second-order valence-electron chi connectivity index (χ2n) is 6.65. The van der Waals surface area contributed by atoms with Crippen LogP contribution >= 0.6 is 0 Å². The molecule has 7 nitrogen and oxygen atoms in total. The Labute approximate surface area is 164 Å². The molecular formula is C21H24N4O3. The number of aromatic nitrogens is 3. The number of aryl methyl sites for hydroxylation is 1. The fraction of sp³-hybridized carbons (Fsp3) is 0.333. The van der Waals surface area contributed by atoms with E-state index in [0.29, 0.717) is 31.3 Å². The standard InChI is InChI=1S/C21H24N4O3/c1-15(2)27-14-18-6-4-3-5-17(18)13-23-19(26)7-8-20-24-21(25-28-20)16-9-11-22-12-10-16/h3-6,9-12,15H,7-8,13-14H2,1-2H3,(H,23,26). The summed E-state index contributed by atoms with van der Waals surface area (Å²) in [6.45, 7) is 5.00. The molecule has 3 aromatic rings. The second kappa shape index (κ2) is 9.75. The molecule has 1 aromatic carbocycles. The van der Waals surface area contributed by atoms with E-state index in [1.54, 1.807) is 12.4 Å². The van der Waals surface area contributed by atoms with Crippen molar-refractivity contribution in [1.29, 1.82) is 0 Å². The van der Waals surface area contributed by atoms with Gasteiger partial charge in [-0.3, -0.25) is 9.78 Å². The van der Waals surface area contributed by atoms with Crippen LogP contribution in [0.2, 0.25) is 0 Å². The number of hydrogen-bond acceptors (Lipinski definition) is 6. The summed E-state index contributed by atoms with van der Waals surface area (Å²) in [5.74, 6) is 0.868. The summed E-state index contributed by atoms with van der Waals surface area (Å²) in [7, 11) is 0. The Morgan fingerprint density at radius 3 is 2.64 bits per heavy atom. The lowest BCUT2D eigenvalue weighted by Gasteiger charge is -2.12. The predicted octanol–water partition coefficient (Wildman–Crippen LogP) is 3.31. The number of hydrogen-bond donors (Lipinski definition) is 1. The van der Waals surface area contributed by atoms with Gasteiger partial charge in [0.15, 0.2) is 0 Å². The molecule has 3 rings (SSSR count). The van der Waals surface area contributed by atoms with Crippen molar-refractivity contribution in [2.45, 2.75) is 45.9 Å². The highest BCUT2D eigenvalue weighted by molar-refractivity contribution is 5.76. The minimum atomic E-state index is -0.0664. The minimum absolute atomic E-state index is 0.0664. The summed E-state index contributed by atoms with van der Waals surface area (Å²) in [5, 5.41) is 6.89. The third-order valence-electron chi connectivity index (χ3n) is 4.14. The Morgan fingerprint density at radius 2 is 1.89 bits per heavy atom. The van der Waals surface area contributed by atoms with E-state index < -0.39 is 0 Å². The highest BCUT2D eigenvalue weighted by Gasteiger charge is 2.11. The summed E-state index contributed by atoms with van der Waals surface area (Å²) in [4.78, 5) is 20.5. The van der Waals surface area contributed by atoms with Crippen molar-refractivity contribution in [3.8, 4) is 11.4 Å². The van der Waals surface area contributed by atoms with Crippen LogP contribution in [0.1, 0.15) is 37.3 Å². The molecule has 146 valence electrons. The van der Waals surface area contributed by atoms with Gasteiger partial charge in [-0.2, -0.15) is 4.98 Å². The van der Waals surface area contributed by atoms with E-state index in [-0.39, 0.29) is 18.4 Å². The lowest BCUT2D eigenvalue weighted by Crippen LogP contribution is -2.23. The van der Waals surface area contributed by atoms with Crippen LogP contribution in [0.15, 0.2) is 53.3 Å². The van der Waals surface area contributed by atoms with Gasteiger partial charge >= 0.3 is 0 Å². The fourth-order valence-corrected chi connectivity index (χ4v) is 2.60. The Morgan fingerprint density at radius 1 is 1.14 bits per heavy atom. The molecule has 0 spiro atoms. The van der Waals surface area contributed by atoms with Crippen molar-refractivity contribution in [3.63, 3.8) is 0 Å². The molecule has 0 saturated carbocycles. The van der Waals surface area contributed by atoms with Gasteiger partial charge < -0.3 is 14.6 Å². The van der Waals surface area contributed by atoms with Crippen LogP contribution < -0.4 is 5.32 Å². The average molecular weight is 380 g/mol. The molecule has 0 unspecified atom stereocenters. The van der Waals surface area contributed by atoms with Gasteiger partial charge in [0.2, 0.25) is 17.6 Å². The van der Waals surface area contributed by atoms with Crippen molar-refractivity contribution in [3.05, 3.63) is 65.8 Å². The Kier molecular flexibility index (Phi) is 6.86. The molecule has 0 atom stereocenters. The second-order valence-corrected chi connectivity index (χ2v) is 6.65. The van der Waals surface area contributed by atoms with Crippen LogP contribution in [0.3, 0.4) is 0 Å². The molecule has 0 radical (unpaired) electrons. The quantitative estimate of drug-likeness (QED) is 0.612. The van der Waals surface area contributed by atoms with Gasteiger partial charge in [0.1, 0.15) is 0 Å². The van der Waals surface area contributed by atoms with Crippen LogP contribution in [-0.2, 0) is 29.1 Å². The summed E-state index contributed by atoms with van der Waals surface area (Å²) in [6, 6.07) is 11.6. The number of carbonyl (C=O) groups is 1. The van der Waals surface area contributed by atoms with Crippen molar-refractivity contribution in [1.82, 2.24) is 20.4 Å². The maximum Gasteiger partial charge on any atom is 0.227 e. The predicted molar refractivity (Wildman–Crippen MR) is 104 cm³/mol. The van der Waals surface area contributed by atoms with Gasteiger partial charge in [-0.1, -0.05) is 29.4 Å². The zero-order valence-corrected chi connectivity index (χ0v) is 16.1. The third-order valence-corrected chi connectivity index (χ3v) is 4.14. The van der Waals surface area contributed by atoms with E-state index >= 15 is 0 Å². The Balaban J connectivity index is 1.49. The summed E-state index contributed by atoms with van der Waals surface area (Å²) >= 11 is 0. The van der Waals surface area contributed by atoms with Crippen LogP contribution in [-0.4, -0.2) is 27.1 Å². The number of ether oxygens (including phenoxy) is 1. The highest BCUT2D eigenvalue weighted by Crippen LogP contribution is 2.15. The number of benzene rings is 1. The molecule has 7 heteroatoms. The van der Waals surface area contributed by atoms with Gasteiger partial charge in [-0.25, -0.2) is 0 Å². The van der Waals surface area contributed by atoms with Crippen LogP contribution in [0, 0.1) is 0 Å². The summed E-state index contributed by atoms with van der Waals surface area (Å²) in [5.41, 5.74) is 2.96. The van der Waals surface area contributed by atoms with Crippen LogP contribution in [0.4, 0.5) is 0 Å². The van der Waals surface area contributed by atoms with E-state index in [9.17, 15) is 4.79 Å². The molecule has 0 aliphatic rings. The smallest absolute Gasteiger partial charge is 0.227 e. The van der Waals surface area contributed by atoms with Crippen LogP contribution in [0.5, 0.6) is 0 Å². The van der Waals surface area contributed by atoms with Gasteiger partial charge in [0.05, 0.1) is 12.7 Å². The van der Waals surface area contributed by atoms with Crippen molar-refractivity contribution < 1.29 is 14.1 Å². The SMILES string of the molecule is CC(C)OCc1ccccc1CNC(=O)CCc1nc(-c2ccncc2)no1. The maximum atomic E-state index is 12.2. The topological polar surface area (TPSA) is 90.1 Å². The first kappa shape index (κ1) is 19.7. The molecule has 28 heavy (non-hydrogen) atoms. The molecule has 0 saturated heterocycles. The van der Waals surface area contributed by atoms with Crippen molar-refractivity contribution >= 4 is 5.91 Å². The zero-order chi connectivity index (χ0) is 19.8. The molecule has 0 fully saturated rings. The molecule has 2 heterocycles. The first-order valence-electron chi connectivity index (χ1n) is 9.30. The minimum Gasteiger partial charge on any atom is -0.374 e. The highest BCUT2D eigenvalue weighted by atomic mass is 16.5. The van der Waals surface area contributed by atoms with Crippen molar-refractivity contribution in [2.24, 2.45) is 0 Å². The summed E-state index contributed by atoms with van der Waals surface area (Å²) in [6.07, 6.45) is 4.17. The van der Waals surface area contributed by atoms with Gasteiger partial charge in [0.25, 0.3) is 0 Å². The van der Waals surface area contributed by atoms with E-state index in [0.717, 1.165) is 16.7 Å². The number of nitrogens with one attached hydrogen (secondary N) is 1. The third kappa shape index (κ3) is 5.72. The van der Waals surface area contributed by atoms with Gasteiger partial charge in [-0.05, 0) is 37.1 Å². The number of amides is 1. The largest absolute Gasteiger partial charge is 0.374 e. The number of rotatable bonds is 9. The molecule has 0 aliphatic heterocycles. The molecule has 1 amide bonds. The Bertz CT molecular complexity index is 893. The Hall–Kier alpha value is -3.06. The molecule has 1 N–H and O–H groups in total.